The molecule has 1 saturated heterocycles. The van der Waals surface area contributed by atoms with Crippen LogP contribution in [0.4, 0.5) is 4.39 Å². The Balaban J connectivity index is 1.81. The quantitative estimate of drug-likeness (QED) is 0.829. The number of hydrogen-bond donors (Lipinski definition) is 0. The second-order valence-corrected chi connectivity index (χ2v) is 5.64. The zero-order valence-electron chi connectivity index (χ0n) is 12.7. The molecule has 1 atom stereocenters. The molecule has 0 N–H and O–H groups in total. The number of benzene rings is 1. The summed E-state index contributed by atoms with van der Waals surface area (Å²) in [5.74, 6) is 0.182. The molecule has 21 heavy (non-hydrogen) atoms. The molecule has 0 saturated carbocycles. The number of hydrogen-bond acceptors (Lipinski definition) is 3. The molecule has 1 aromatic carbocycles. The van der Waals surface area contributed by atoms with Crippen LogP contribution in [-0.2, 0) is 9.53 Å². The van der Waals surface area contributed by atoms with Crippen molar-refractivity contribution in [3.63, 3.8) is 0 Å². The van der Waals surface area contributed by atoms with E-state index in [0.29, 0.717) is 32.8 Å². The highest BCUT2D eigenvalue weighted by molar-refractivity contribution is 5.78. The summed E-state index contributed by atoms with van der Waals surface area (Å²) >= 11 is 0. The number of amides is 1. The fourth-order valence-electron chi connectivity index (χ4n) is 2.57. The SMILES string of the molecule is CC(CN(C)CC(=O)N1CCOCC1)c1ccc(F)cc1. The Bertz CT molecular complexity index is 458. The second kappa shape index (κ2) is 7.52. The van der Waals surface area contributed by atoms with Gasteiger partial charge >= 0.3 is 0 Å². The number of nitrogens with zero attached hydrogens (tertiary/aromatic N) is 2. The Morgan fingerprint density at radius 1 is 1.33 bits per heavy atom. The predicted octanol–water partition coefficient (Wildman–Crippen LogP) is 1.72. The van der Waals surface area contributed by atoms with Gasteiger partial charge in [0.1, 0.15) is 5.82 Å². The van der Waals surface area contributed by atoms with E-state index in [2.05, 4.69) is 6.92 Å². The lowest BCUT2D eigenvalue weighted by atomic mass is 10.0. The number of ether oxygens (including phenoxy) is 1. The van der Waals surface area contributed by atoms with Crippen molar-refractivity contribution in [1.29, 1.82) is 0 Å². The second-order valence-electron chi connectivity index (χ2n) is 5.64. The Labute approximate surface area is 125 Å². The number of likely N-dealkylation sites (N-methyl/N-ethyl adjacent to an activating group) is 1. The molecule has 0 spiro atoms. The fourth-order valence-corrected chi connectivity index (χ4v) is 2.57. The van der Waals surface area contributed by atoms with Crippen molar-refractivity contribution in [1.82, 2.24) is 9.80 Å². The van der Waals surface area contributed by atoms with E-state index >= 15 is 0 Å². The summed E-state index contributed by atoms with van der Waals surface area (Å²) in [6.45, 7) is 5.87. The van der Waals surface area contributed by atoms with Crippen molar-refractivity contribution >= 4 is 5.91 Å². The minimum atomic E-state index is -0.221. The normalized spacial score (nSPS) is 17.0. The summed E-state index contributed by atoms with van der Waals surface area (Å²) in [5, 5.41) is 0. The van der Waals surface area contributed by atoms with E-state index in [0.717, 1.165) is 12.1 Å². The number of carbonyl (C=O) groups is 1. The van der Waals surface area contributed by atoms with Crippen LogP contribution in [0.2, 0.25) is 0 Å². The van der Waals surface area contributed by atoms with Crippen LogP contribution in [0.25, 0.3) is 0 Å². The Morgan fingerprint density at radius 2 is 1.95 bits per heavy atom. The van der Waals surface area contributed by atoms with Gasteiger partial charge < -0.3 is 9.64 Å². The lowest BCUT2D eigenvalue weighted by Gasteiger charge is -2.29. The average molecular weight is 294 g/mol. The zero-order chi connectivity index (χ0) is 15.2. The van der Waals surface area contributed by atoms with Crippen LogP contribution in [0.15, 0.2) is 24.3 Å². The van der Waals surface area contributed by atoms with E-state index in [-0.39, 0.29) is 17.6 Å². The van der Waals surface area contributed by atoms with E-state index in [1.54, 1.807) is 12.1 Å². The van der Waals surface area contributed by atoms with Gasteiger partial charge in [0.2, 0.25) is 5.91 Å². The first-order valence-electron chi connectivity index (χ1n) is 7.36. The number of morpholine rings is 1. The zero-order valence-corrected chi connectivity index (χ0v) is 12.7. The average Bonchev–Trinajstić information content (AvgIpc) is 2.48. The highest BCUT2D eigenvalue weighted by Gasteiger charge is 2.19. The lowest BCUT2D eigenvalue weighted by Crippen LogP contribution is -2.45. The molecule has 1 unspecified atom stereocenters. The molecule has 2 rings (SSSR count). The van der Waals surface area contributed by atoms with Gasteiger partial charge in [-0.05, 0) is 30.7 Å². The maximum Gasteiger partial charge on any atom is 0.236 e. The van der Waals surface area contributed by atoms with Crippen LogP contribution >= 0.6 is 0 Å². The van der Waals surface area contributed by atoms with Gasteiger partial charge in [-0.1, -0.05) is 19.1 Å². The smallest absolute Gasteiger partial charge is 0.236 e. The van der Waals surface area contributed by atoms with Gasteiger partial charge in [-0.15, -0.1) is 0 Å². The highest BCUT2D eigenvalue weighted by Crippen LogP contribution is 2.16. The summed E-state index contributed by atoms with van der Waals surface area (Å²) in [5.41, 5.74) is 1.09. The third kappa shape index (κ3) is 4.79. The molecule has 116 valence electrons. The molecule has 4 nitrogen and oxygen atoms in total. The minimum absolute atomic E-state index is 0.145. The van der Waals surface area contributed by atoms with Gasteiger partial charge in [-0.3, -0.25) is 9.69 Å². The van der Waals surface area contributed by atoms with Crippen LogP contribution in [-0.4, -0.2) is 62.1 Å². The molecule has 1 amide bonds. The fraction of sp³-hybridized carbons (Fsp3) is 0.562. The third-order valence-corrected chi connectivity index (χ3v) is 3.79. The third-order valence-electron chi connectivity index (χ3n) is 3.79. The van der Waals surface area contributed by atoms with E-state index in [9.17, 15) is 9.18 Å². The number of rotatable bonds is 5. The highest BCUT2D eigenvalue weighted by atomic mass is 19.1. The Morgan fingerprint density at radius 3 is 2.57 bits per heavy atom. The van der Waals surface area contributed by atoms with Crippen molar-refractivity contribution in [3.8, 4) is 0 Å². The maximum atomic E-state index is 12.9. The van der Waals surface area contributed by atoms with E-state index in [1.807, 2.05) is 16.8 Å². The molecule has 1 aliphatic rings. The Hall–Kier alpha value is -1.46. The van der Waals surface area contributed by atoms with Crippen molar-refractivity contribution in [3.05, 3.63) is 35.6 Å². The van der Waals surface area contributed by atoms with E-state index in [1.165, 1.54) is 12.1 Å². The maximum absolute atomic E-state index is 12.9. The molecule has 0 bridgehead atoms. The van der Waals surface area contributed by atoms with Gasteiger partial charge in [0.05, 0.1) is 19.8 Å². The van der Waals surface area contributed by atoms with Gasteiger partial charge in [-0.2, -0.15) is 0 Å². The van der Waals surface area contributed by atoms with E-state index < -0.39 is 0 Å². The van der Waals surface area contributed by atoms with Crippen LogP contribution in [0.3, 0.4) is 0 Å². The van der Waals surface area contributed by atoms with Crippen LogP contribution in [0.1, 0.15) is 18.4 Å². The molecule has 0 aliphatic carbocycles. The molecule has 1 aliphatic heterocycles. The largest absolute Gasteiger partial charge is 0.378 e. The molecule has 1 fully saturated rings. The summed E-state index contributed by atoms with van der Waals surface area (Å²) in [4.78, 5) is 16.0. The van der Waals surface area contributed by atoms with Gasteiger partial charge in [-0.25, -0.2) is 4.39 Å². The van der Waals surface area contributed by atoms with E-state index in [4.69, 9.17) is 4.74 Å². The van der Waals surface area contributed by atoms with Crippen molar-refractivity contribution in [2.75, 3.05) is 46.4 Å². The van der Waals surface area contributed by atoms with Crippen LogP contribution in [0, 0.1) is 5.82 Å². The summed E-state index contributed by atoms with van der Waals surface area (Å²) < 4.78 is 18.2. The first-order chi connectivity index (χ1) is 10.1. The van der Waals surface area contributed by atoms with Crippen molar-refractivity contribution in [2.45, 2.75) is 12.8 Å². The van der Waals surface area contributed by atoms with Crippen molar-refractivity contribution in [2.24, 2.45) is 0 Å². The van der Waals surface area contributed by atoms with Gasteiger partial charge in [0, 0.05) is 19.6 Å². The topological polar surface area (TPSA) is 32.8 Å². The molecular weight excluding hydrogens is 271 g/mol. The summed E-state index contributed by atoms with van der Waals surface area (Å²) in [6.07, 6.45) is 0. The van der Waals surface area contributed by atoms with Crippen LogP contribution < -0.4 is 0 Å². The predicted molar refractivity (Wildman–Crippen MR) is 79.7 cm³/mol. The minimum Gasteiger partial charge on any atom is -0.378 e. The van der Waals surface area contributed by atoms with Crippen LogP contribution in [0.5, 0.6) is 0 Å². The van der Waals surface area contributed by atoms with Gasteiger partial charge in [0.25, 0.3) is 0 Å². The molecule has 1 heterocycles. The molecular formula is C16H23FN2O2. The molecule has 0 radical (unpaired) electrons. The number of halogens is 1. The number of carbonyl (C=O) groups excluding carboxylic acids is 1. The molecule has 1 aromatic rings. The Kier molecular flexibility index (Phi) is 5.70. The molecule has 0 aromatic heterocycles. The first kappa shape index (κ1) is 15.9. The molecule has 5 heteroatoms. The first-order valence-corrected chi connectivity index (χ1v) is 7.36. The summed E-state index contributed by atoms with van der Waals surface area (Å²) in [7, 11) is 1.94. The summed E-state index contributed by atoms with van der Waals surface area (Å²) in [6, 6.07) is 6.56. The van der Waals surface area contributed by atoms with Gasteiger partial charge in [0.15, 0.2) is 0 Å². The van der Waals surface area contributed by atoms with Crippen molar-refractivity contribution < 1.29 is 13.9 Å². The monoisotopic (exact) mass is 294 g/mol. The lowest BCUT2D eigenvalue weighted by molar-refractivity contribution is -0.136. The standard InChI is InChI=1S/C16H23FN2O2/c1-13(14-3-5-15(17)6-4-14)11-18(2)12-16(20)19-7-9-21-10-8-19/h3-6,13H,7-12H2,1-2H3.